The molecule has 5 heteroatoms. The minimum Gasteiger partial charge on any atom is -0.352 e. The maximum atomic E-state index is 13.3. The summed E-state index contributed by atoms with van der Waals surface area (Å²) in [5.41, 5.74) is 2.87. The van der Waals surface area contributed by atoms with Gasteiger partial charge in [-0.25, -0.2) is 0 Å². The van der Waals surface area contributed by atoms with E-state index in [-0.39, 0.29) is 23.9 Å². The summed E-state index contributed by atoms with van der Waals surface area (Å²) in [7, 11) is 0. The fourth-order valence-electron chi connectivity index (χ4n) is 4.64. The van der Waals surface area contributed by atoms with Crippen molar-refractivity contribution in [1.82, 2.24) is 15.2 Å². The van der Waals surface area contributed by atoms with E-state index in [1.54, 1.807) is 0 Å². The normalized spacial score (nSPS) is 15.8. The number of nitrogens with one attached hydrogen (secondary N) is 1. The van der Waals surface area contributed by atoms with Crippen LogP contribution >= 0.6 is 0 Å². The molecule has 1 aromatic heterocycles. The first-order valence-electron chi connectivity index (χ1n) is 11.5. The van der Waals surface area contributed by atoms with Crippen molar-refractivity contribution in [3.05, 3.63) is 78.6 Å². The van der Waals surface area contributed by atoms with Gasteiger partial charge in [-0.05, 0) is 60.2 Å². The second kappa shape index (κ2) is 8.66. The van der Waals surface area contributed by atoms with Gasteiger partial charge in [0.25, 0.3) is 5.91 Å². The summed E-state index contributed by atoms with van der Waals surface area (Å²) >= 11 is 0. The van der Waals surface area contributed by atoms with Gasteiger partial charge in [0.2, 0.25) is 5.91 Å². The zero-order chi connectivity index (χ0) is 22.9. The van der Waals surface area contributed by atoms with Crippen LogP contribution in [0.5, 0.6) is 0 Å². The van der Waals surface area contributed by atoms with Crippen molar-refractivity contribution in [2.24, 2.45) is 0 Å². The molecule has 33 heavy (non-hydrogen) atoms. The number of benzene rings is 3. The lowest BCUT2D eigenvalue weighted by atomic mass is 9.97. The Morgan fingerprint density at radius 1 is 1.03 bits per heavy atom. The Bertz CT molecular complexity index is 1360. The van der Waals surface area contributed by atoms with Crippen molar-refractivity contribution >= 4 is 33.4 Å². The molecule has 0 bridgehead atoms. The topological polar surface area (TPSA) is 62.3 Å². The SMILES string of the molecule is CC(C)N(CC1CCC(=O)N1)C(=O)c1ccc2cc(-c3cncc4ccccc34)ccc2c1. The predicted octanol–water partition coefficient (Wildman–Crippen LogP) is 5.18. The number of hydrogen-bond donors (Lipinski definition) is 1. The van der Waals surface area contributed by atoms with Gasteiger partial charge in [0.15, 0.2) is 0 Å². The lowest BCUT2D eigenvalue weighted by Crippen LogP contribution is -2.45. The summed E-state index contributed by atoms with van der Waals surface area (Å²) in [4.78, 5) is 31.2. The van der Waals surface area contributed by atoms with Crippen molar-refractivity contribution in [3.63, 3.8) is 0 Å². The van der Waals surface area contributed by atoms with E-state index in [0.717, 1.165) is 33.7 Å². The molecule has 1 atom stereocenters. The molecule has 0 aliphatic carbocycles. The number of carbonyl (C=O) groups is 2. The Balaban J connectivity index is 1.45. The third-order valence-electron chi connectivity index (χ3n) is 6.45. The molecule has 3 aromatic carbocycles. The van der Waals surface area contributed by atoms with E-state index in [4.69, 9.17) is 0 Å². The summed E-state index contributed by atoms with van der Waals surface area (Å²) in [6.45, 7) is 4.56. The van der Waals surface area contributed by atoms with Gasteiger partial charge in [0.1, 0.15) is 0 Å². The molecule has 1 fully saturated rings. The van der Waals surface area contributed by atoms with Crippen LogP contribution in [0, 0.1) is 0 Å². The largest absolute Gasteiger partial charge is 0.352 e. The molecular formula is C28H27N3O2. The molecule has 1 aliphatic heterocycles. The van der Waals surface area contributed by atoms with Crippen LogP contribution in [0.3, 0.4) is 0 Å². The highest BCUT2D eigenvalue weighted by molar-refractivity contribution is 6.01. The molecule has 1 aliphatic rings. The Morgan fingerprint density at radius 2 is 1.82 bits per heavy atom. The van der Waals surface area contributed by atoms with E-state index in [0.29, 0.717) is 18.5 Å². The highest BCUT2D eigenvalue weighted by Crippen LogP contribution is 2.30. The Morgan fingerprint density at radius 3 is 2.61 bits per heavy atom. The van der Waals surface area contributed by atoms with Gasteiger partial charge >= 0.3 is 0 Å². The minimum absolute atomic E-state index is 0.00428. The summed E-state index contributed by atoms with van der Waals surface area (Å²) in [5.74, 6) is 0.0643. The molecule has 1 N–H and O–H groups in total. The lowest BCUT2D eigenvalue weighted by Gasteiger charge is -2.29. The lowest BCUT2D eigenvalue weighted by molar-refractivity contribution is -0.119. The molecule has 1 saturated heterocycles. The van der Waals surface area contributed by atoms with Crippen molar-refractivity contribution in [3.8, 4) is 11.1 Å². The van der Waals surface area contributed by atoms with Crippen LogP contribution in [0.2, 0.25) is 0 Å². The summed E-state index contributed by atoms with van der Waals surface area (Å²) in [5, 5.41) is 7.36. The van der Waals surface area contributed by atoms with Crippen LogP contribution in [-0.2, 0) is 4.79 Å². The molecule has 4 aromatic rings. The van der Waals surface area contributed by atoms with Crippen molar-refractivity contribution < 1.29 is 9.59 Å². The van der Waals surface area contributed by atoms with E-state index in [9.17, 15) is 9.59 Å². The summed E-state index contributed by atoms with van der Waals surface area (Å²) in [6.07, 6.45) is 5.10. The zero-order valence-electron chi connectivity index (χ0n) is 18.9. The van der Waals surface area contributed by atoms with Crippen LogP contribution < -0.4 is 5.32 Å². The van der Waals surface area contributed by atoms with Gasteiger partial charge in [0.05, 0.1) is 0 Å². The molecule has 0 radical (unpaired) electrons. The molecule has 2 amide bonds. The molecule has 0 spiro atoms. The Hall–Kier alpha value is -3.73. The van der Waals surface area contributed by atoms with Gasteiger partial charge in [-0.1, -0.05) is 42.5 Å². The Labute approximate surface area is 193 Å². The molecular weight excluding hydrogens is 410 g/mol. The monoisotopic (exact) mass is 437 g/mol. The van der Waals surface area contributed by atoms with Crippen LogP contribution in [0.15, 0.2) is 73.1 Å². The van der Waals surface area contributed by atoms with E-state index >= 15 is 0 Å². The van der Waals surface area contributed by atoms with Gasteiger partial charge < -0.3 is 10.2 Å². The van der Waals surface area contributed by atoms with Crippen molar-refractivity contribution in [2.75, 3.05) is 6.54 Å². The van der Waals surface area contributed by atoms with Crippen molar-refractivity contribution in [2.45, 2.75) is 38.8 Å². The number of pyridine rings is 1. The van der Waals surface area contributed by atoms with E-state index < -0.39 is 0 Å². The molecule has 0 saturated carbocycles. The standard InChI is InChI=1S/C28H27N3O2/c1-18(2)31(17-24-11-12-27(32)30-24)28(33)22-10-8-19-13-21(9-7-20(19)14-22)26-16-29-15-23-5-3-4-6-25(23)26/h3-10,13-16,18,24H,11-12,17H2,1-2H3,(H,30,32). The average Bonchev–Trinajstić information content (AvgIpc) is 3.25. The number of rotatable bonds is 5. The first-order chi connectivity index (χ1) is 16.0. The first kappa shape index (κ1) is 21.1. The zero-order valence-corrected chi connectivity index (χ0v) is 18.9. The van der Waals surface area contributed by atoms with Crippen molar-refractivity contribution in [1.29, 1.82) is 0 Å². The highest BCUT2D eigenvalue weighted by atomic mass is 16.2. The number of aromatic nitrogens is 1. The number of carbonyl (C=O) groups excluding carboxylic acids is 2. The highest BCUT2D eigenvalue weighted by Gasteiger charge is 2.27. The Kier molecular flexibility index (Phi) is 5.55. The van der Waals surface area contributed by atoms with Gasteiger partial charge in [-0.15, -0.1) is 0 Å². The van der Waals surface area contributed by atoms with Crippen LogP contribution in [0.25, 0.3) is 32.7 Å². The fourth-order valence-corrected chi connectivity index (χ4v) is 4.64. The maximum Gasteiger partial charge on any atom is 0.254 e. The van der Waals surface area contributed by atoms with Crippen LogP contribution in [0.1, 0.15) is 37.0 Å². The molecule has 166 valence electrons. The third-order valence-corrected chi connectivity index (χ3v) is 6.45. The first-order valence-corrected chi connectivity index (χ1v) is 11.5. The summed E-state index contributed by atoms with van der Waals surface area (Å²) in [6, 6.07) is 20.5. The third kappa shape index (κ3) is 4.19. The van der Waals surface area contributed by atoms with Crippen LogP contribution in [0.4, 0.5) is 0 Å². The quantitative estimate of drug-likeness (QED) is 0.468. The van der Waals surface area contributed by atoms with E-state index in [2.05, 4.69) is 40.6 Å². The number of amides is 2. The molecule has 1 unspecified atom stereocenters. The summed E-state index contributed by atoms with van der Waals surface area (Å²) < 4.78 is 0. The van der Waals surface area contributed by atoms with E-state index in [1.165, 1.54) is 5.39 Å². The molecule has 5 nitrogen and oxygen atoms in total. The van der Waals surface area contributed by atoms with Gasteiger partial charge in [0, 0.05) is 54.0 Å². The van der Waals surface area contributed by atoms with Gasteiger partial charge in [-0.2, -0.15) is 0 Å². The second-order valence-electron chi connectivity index (χ2n) is 9.04. The minimum atomic E-state index is -0.00428. The fraction of sp³-hybridized carbons (Fsp3) is 0.250. The maximum absolute atomic E-state index is 13.3. The second-order valence-corrected chi connectivity index (χ2v) is 9.04. The smallest absolute Gasteiger partial charge is 0.254 e. The van der Waals surface area contributed by atoms with Crippen LogP contribution in [-0.4, -0.2) is 40.3 Å². The molecule has 5 rings (SSSR count). The number of fused-ring (bicyclic) bond motifs is 2. The average molecular weight is 438 g/mol. The van der Waals surface area contributed by atoms with Gasteiger partial charge in [-0.3, -0.25) is 14.6 Å². The number of hydrogen-bond acceptors (Lipinski definition) is 3. The van der Waals surface area contributed by atoms with E-state index in [1.807, 2.05) is 61.5 Å². The predicted molar refractivity (Wildman–Crippen MR) is 132 cm³/mol. The molecule has 2 heterocycles. The number of nitrogens with zero attached hydrogens (tertiary/aromatic N) is 2.